The van der Waals surface area contributed by atoms with Crippen molar-refractivity contribution in [3.8, 4) is 0 Å². The molecule has 1 amide bonds. The molecule has 1 aromatic heterocycles. The normalized spacial score (nSPS) is 11.0. The van der Waals surface area contributed by atoms with Gasteiger partial charge < -0.3 is 10.3 Å². The number of carbonyl (C=O) groups is 1. The third kappa shape index (κ3) is 5.14. The summed E-state index contributed by atoms with van der Waals surface area (Å²) in [5.41, 5.74) is 2.01. The summed E-state index contributed by atoms with van der Waals surface area (Å²) in [5.74, 6) is 1.23. The molecule has 0 aliphatic carbocycles. The standard InChI is InChI=1S/C18H17Cl2N3OS/c19-12-7-8-13(20)16(10-12)25-11-18(24)21-9-3-6-17-22-14-4-1-2-5-15(14)23-17/h1-2,4-5,7-8,10H,3,6,9,11H2,(H,21,24)(H,22,23). The number of aromatic amines is 1. The Hall–Kier alpha value is -1.69. The largest absolute Gasteiger partial charge is 0.355 e. The zero-order valence-corrected chi connectivity index (χ0v) is 15.7. The Morgan fingerprint density at radius 3 is 2.88 bits per heavy atom. The van der Waals surface area contributed by atoms with E-state index in [1.165, 1.54) is 11.8 Å². The van der Waals surface area contributed by atoms with Crippen LogP contribution in [0.3, 0.4) is 0 Å². The fourth-order valence-corrected chi connectivity index (χ4v) is 3.71. The van der Waals surface area contributed by atoms with Crippen molar-refractivity contribution in [1.82, 2.24) is 15.3 Å². The van der Waals surface area contributed by atoms with Crippen LogP contribution in [0, 0.1) is 0 Å². The topological polar surface area (TPSA) is 57.8 Å². The molecule has 0 spiro atoms. The van der Waals surface area contributed by atoms with Crippen LogP contribution >= 0.6 is 35.0 Å². The van der Waals surface area contributed by atoms with E-state index < -0.39 is 0 Å². The number of aryl methyl sites for hydroxylation is 1. The van der Waals surface area contributed by atoms with Gasteiger partial charge in [-0.15, -0.1) is 11.8 Å². The molecule has 25 heavy (non-hydrogen) atoms. The number of aromatic nitrogens is 2. The van der Waals surface area contributed by atoms with E-state index in [0.717, 1.165) is 34.6 Å². The molecule has 0 aliphatic heterocycles. The molecule has 0 aliphatic rings. The van der Waals surface area contributed by atoms with E-state index in [1.54, 1.807) is 18.2 Å². The molecule has 0 radical (unpaired) electrons. The maximum Gasteiger partial charge on any atom is 0.230 e. The van der Waals surface area contributed by atoms with Crippen molar-refractivity contribution in [2.24, 2.45) is 0 Å². The summed E-state index contributed by atoms with van der Waals surface area (Å²) < 4.78 is 0. The fourth-order valence-electron chi connectivity index (χ4n) is 2.39. The second kappa shape index (κ2) is 8.61. The Balaban J connectivity index is 1.39. The first-order valence-electron chi connectivity index (χ1n) is 7.90. The molecule has 0 unspecified atom stereocenters. The van der Waals surface area contributed by atoms with Crippen LogP contribution in [0.15, 0.2) is 47.4 Å². The Kier molecular flexibility index (Phi) is 6.24. The number of para-hydroxylation sites is 2. The van der Waals surface area contributed by atoms with Crippen LogP contribution in [0.1, 0.15) is 12.2 Å². The molecule has 0 fully saturated rings. The summed E-state index contributed by atoms with van der Waals surface area (Å²) in [6.45, 7) is 0.611. The molecular weight excluding hydrogens is 377 g/mol. The molecule has 2 N–H and O–H groups in total. The molecule has 4 nitrogen and oxygen atoms in total. The fraction of sp³-hybridized carbons (Fsp3) is 0.222. The summed E-state index contributed by atoms with van der Waals surface area (Å²) in [7, 11) is 0. The van der Waals surface area contributed by atoms with Crippen molar-refractivity contribution in [3.63, 3.8) is 0 Å². The van der Waals surface area contributed by atoms with Crippen LogP contribution in [0.4, 0.5) is 0 Å². The number of hydrogen-bond donors (Lipinski definition) is 2. The number of benzene rings is 2. The molecule has 3 rings (SSSR count). The zero-order valence-electron chi connectivity index (χ0n) is 13.4. The average Bonchev–Trinajstić information content (AvgIpc) is 3.02. The highest BCUT2D eigenvalue weighted by Gasteiger charge is 2.07. The van der Waals surface area contributed by atoms with Gasteiger partial charge in [-0.25, -0.2) is 4.98 Å². The van der Waals surface area contributed by atoms with Gasteiger partial charge in [0, 0.05) is 22.9 Å². The van der Waals surface area contributed by atoms with Crippen LogP contribution in [-0.4, -0.2) is 28.2 Å². The van der Waals surface area contributed by atoms with E-state index in [4.69, 9.17) is 23.2 Å². The Bertz CT molecular complexity index is 849. The van der Waals surface area contributed by atoms with Gasteiger partial charge >= 0.3 is 0 Å². The smallest absolute Gasteiger partial charge is 0.230 e. The second-order valence-corrected chi connectivity index (χ2v) is 7.38. The highest BCUT2D eigenvalue weighted by Crippen LogP contribution is 2.29. The predicted octanol–water partition coefficient (Wildman–Crippen LogP) is 4.71. The summed E-state index contributed by atoms with van der Waals surface area (Å²) in [6, 6.07) is 13.2. The number of H-pyrrole nitrogens is 1. The van der Waals surface area contributed by atoms with Crippen LogP contribution in [0.2, 0.25) is 10.0 Å². The van der Waals surface area contributed by atoms with Crippen molar-refractivity contribution < 1.29 is 4.79 Å². The lowest BCUT2D eigenvalue weighted by Gasteiger charge is -2.06. The van der Waals surface area contributed by atoms with E-state index in [0.29, 0.717) is 22.3 Å². The van der Waals surface area contributed by atoms with E-state index in [2.05, 4.69) is 15.3 Å². The third-order valence-corrected chi connectivity index (χ3v) is 5.33. The minimum absolute atomic E-state index is 0.0225. The van der Waals surface area contributed by atoms with E-state index in [1.807, 2.05) is 24.3 Å². The van der Waals surface area contributed by atoms with Gasteiger partial charge in [0.2, 0.25) is 5.91 Å². The number of fused-ring (bicyclic) bond motifs is 1. The van der Waals surface area contributed by atoms with Gasteiger partial charge in [0.05, 0.1) is 21.8 Å². The van der Waals surface area contributed by atoms with Crippen LogP contribution < -0.4 is 5.32 Å². The maximum atomic E-state index is 11.9. The first-order chi connectivity index (χ1) is 12.1. The lowest BCUT2D eigenvalue weighted by molar-refractivity contribution is -0.118. The van der Waals surface area contributed by atoms with Gasteiger partial charge in [0.15, 0.2) is 0 Å². The van der Waals surface area contributed by atoms with Gasteiger partial charge in [-0.1, -0.05) is 35.3 Å². The SMILES string of the molecule is O=C(CSc1cc(Cl)ccc1Cl)NCCCc1nc2ccccc2[nH]1. The Morgan fingerprint density at radius 1 is 1.20 bits per heavy atom. The van der Waals surface area contributed by atoms with E-state index >= 15 is 0 Å². The number of hydrogen-bond acceptors (Lipinski definition) is 3. The maximum absolute atomic E-state index is 11.9. The number of nitrogens with one attached hydrogen (secondary N) is 2. The molecule has 0 saturated carbocycles. The molecule has 3 aromatic rings. The van der Waals surface area contributed by atoms with Crippen LogP contribution in [-0.2, 0) is 11.2 Å². The van der Waals surface area contributed by atoms with Gasteiger partial charge in [-0.3, -0.25) is 4.79 Å². The lowest BCUT2D eigenvalue weighted by atomic mass is 10.3. The second-order valence-electron chi connectivity index (χ2n) is 5.52. The van der Waals surface area contributed by atoms with Gasteiger partial charge in [0.1, 0.15) is 5.82 Å². The summed E-state index contributed by atoms with van der Waals surface area (Å²) >= 11 is 13.4. The van der Waals surface area contributed by atoms with Crippen molar-refractivity contribution in [1.29, 1.82) is 0 Å². The van der Waals surface area contributed by atoms with Crippen molar-refractivity contribution in [2.45, 2.75) is 17.7 Å². The van der Waals surface area contributed by atoms with E-state index in [-0.39, 0.29) is 5.91 Å². The summed E-state index contributed by atoms with van der Waals surface area (Å²) in [5, 5.41) is 4.13. The molecule has 7 heteroatoms. The molecule has 1 heterocycles. The van der Waals surface area contributed by atoms with Crippen molar-refractivity contribution in [3.05, 3.63) is 58.3 Å². The predicted molar refractivity (Wildman–Crippen MR) is 105 cm³/mol. The first-order valence-corrected chi connectivity index (χ1v) is 9.64. The Labute approximate surface area is 160 Å². The average molecular weight is 394 g/mol. The quantitative estimate of drug-likeness (QED) is 0.451. The van der Waals surface area contributed by atoms with Crippen LogP contribution in [0.5, 0.6) is 0 Å². The number of halogens is 2. The highest BCUT2D eigenvalue weighted by molar-refractivity contribution is 8.00. The first kappa shape index (κ1) is 18.1. The van der Waals surface area contributed by atoms with Crippen molar-refractivity contribution >= 4 is 51.9 Å². The number of carbonyl (C=O) groups excluding carboxylic acids is 1. The van der Waals surface area contributed by atoms with Crippen LogP contribution in [0.25, 0.3) is 11.0 Å². The monoisotopic (exact) mass is 393 g/mol. The highest BCUT2D eigenvalue weighted by atomic mass is 35.5. The van der Waals surface area contributed by atoms with Gasteiger partial charge in [-0.2, -0.15) is 0 Å². The molecular formula is C18H17Cl2N3OS. The minimum atomic E-state index is -0.0225. The minimum Gasteiger partial charge on any atom is -0.355 e. The van der Waals surface area contributed by atoms with Crippen molar-refractivity contribution in [2.75, 3.05) is 12.3 Å². The number of rotatable bonds is 7. The zero-order chi connectivity index (χ0) is 17.6. The number of thioether (sulfide) groups is 1. The number of amides is 1. The summed E-state index contributed by atoms with van der Waals surface area (Å²) in [4.78, 5) is 20.6. The number of nitrogens with zero attached hydrogens (tertiary/aromatic N) is 1. The third-order valence-electron chi connectivity index (χ3n) is 3.60. The molecule has 0 atom stereocenters. The number of imidazole rings is 1. The lowest BCUT2D eigenvalue weighted by Crippen LogP contribution is -2.26. The molecule has 0 saturated heterocycles. The molecule has 130 valence electrons. The van der Waals surface area contributed by atoms with Gasteiger partial charge in [-0.05, 0) is 36.8 Å². The Morgan fingerprint density at radius 2 is 2.04 bits per heavy atom. The molecule has 2 aromatic carbocycles. The molecule has 0 bridgehead atoms. The summed E-state index contributed by atoms with van der Waals surface area (Å²) in [6.07, 6.45) is 1.62. The van der Waals surface area contributed by atoms with E-state index in [9.17, 15) is 4.79 Å². The van der Waals surface area contributed by atoms with Gasteiger partial charge in [0.25, 0.3) is 0 Å².